The normalized spacial score (nSPS) is 29.5. The molecule has 14 nitrogen and oxygen atoms in total. The number of ether oxygens (including phenoxy) is 2. The first-order valence-corrected chi connectivity index (χ1v) is 14.4. The van der Waals surface area contributed by atoms with Crippen LogP contribution in [-0.2, 0) is 42.0 Å². The average Bonchev–Trinajstić information content (AvgIpc) is 3.40. The lowest BCUT2D eigenvalue weighted by atomic mass is 9.93. The number of nitrogens with two attached hydrogens (primary N) is 2. The number of halogens is 2. The summed E-state index contributed by atoms with van der Waals surface area (Å²) in [5, 5.41) is 25.0. The number of aliphatic hydroxyl groups excluding tert-OH is 1. The number of pyridine rings is 1. The second-order valence-corrected chi connectivity index (χ2v) is 12.6. The second kappa shape index (κ2) is 9.93. The topological polar surface area (TPSA) is 210 Å². The maximum absolute atomic E-state index is 16.2. The number of alkyl halides is 2. The maximum atomic E-state index is 16.2. The number of anilines is 2. The van der Waals surface area contributed by atoms with Crippen LogP contribution < -0.4 is 16.0 Å². The van der Waals surface area contributed by atoms with Gasteiger partial charge < -0.3 is 30.6 Å². The van der Waals surface area contributed by atoms with Gasteiger partial charge in [0.05, 0.1) is 24.2 Å². The molecule has 0 amide bonds. The Labute approximate surface area is 235 Å². The lowest BCUT2D eigenvalue weighted by molar-refractivity contribution is -0.142. The van der Waals surface area contributed by atoms with E-state index in [1.807, 2.05) is 0 Å². The number of nitrogen functional groups attached to an aromatic ring is 2. The molecule has 5 atom stereocenters. The number of nitriles is 1. The van der Waals surface area contributed by atoms with E-state index in [9.17, 15) is 19.7 Å². The molecule has 5 N–H and O–H groups in total. The van der Waals surface area contributed by atoms with Crippen LogP contribution in [0.3, 0.4) is 0 Å². The monoisotopic (exact) mass is 639 g/mol. The smallest absolute Gasteiger partial charge is 0.379 e. The van der Waals surface area contributed by atoms with Crippen molar-refractivity contribution in [2.75, 3.05) is 24.2 Å². The van der Waals surface area contributed by atoms with Crippen LogP contribution in [0.4, 0.5) is 16.2 Å². The summed E-state index contributed by atoms with van der Waals surface area (Å²) in [6, 6.07) is 4.58. The number of nitrogens with zero attached hydrogens (tertiary/aromatic N) is 5. The molecule has 0 bridgehead atoms. The SMILES string of the molecule is CC(=O)OCc1cnc(C)c2c1CCP(=O)(OC[C@H]1O[C@@](C#N)(c3ccc4c(N)nc(N)nn34)C(F)(Br)[C@H]1O)O2. The largest absolute Gasteiger partial charge is 0.461 e. The minimum Gasteiger partial charge on any atom is -0.461 e. The molecular formula is C23H24BrFN7O7P. The summed E-state index contributed by atoms with van der Waals surface area (Å²) in [7, 11) is -3.83. The number of aliphatic hydroxyl groups is 1. The van der Waals surface area contributed by atoms with Gasteiger partial charge in [-0.05, 0) is 41.4 Å². The van der Waals surface area contributed by atoms with Gasteiger partial charge in [0.25, 0.3) is 0 Å². The first-order valence-electron chi connectivity index (χ1n) is 11.9. The zero-order chi connectivity index (χ0) is 29.0. The zero-order valence-electron chi connectivity index (χ0n) is 21.2. The van der Waals surface area contributed by atoms with Crippen LogP contribution in [0.1, 0.15) is 29.4 Å². The fourth-order valence-electron chi connectivity index (χ4n) is 4.71. The van der Waals surface area contributed by atoms with Crippen LogP contribution in [0.2, 0.25) is 0 Å². The molecule has 1 saturated heterocycles. The number of carbonyl (C=O) groups is 1. The van der Waals surface area contributed by atoms with Crippen molar-refractivity contribution in [3.63, 3.8) is 0 Å². The third-order valence-corrected chi connectivity index (χ3v) is 9.53. The summed E-state index contributed by atoms with van der Waals surface area (Å²) in [6.45, 7) is 2.32. The van der Waals surface area contributed by atoms with Gasteiger partial charge in [-0.2, -0.15) is 10.2 Å². The second-order valence-electron chi connectivity index (χ2n) is 9.32. The van der Waals surface area contributed by atoms with Gasteiger partial charge in [-0.25, -0.2) is 13.5 Å². The average molecular weight is 640 g/mol. The number of hydrogen-bond donors (Lipinski definition) is 3. The molecule has 0 saturated carbocycles. The molecule has 0 radical (unpaired) electrons. The first-order chi connectivity index (χ1) is 18.8. The van der Waals surface area contributed by atoms with Crippen molar-refractivity contribution < 1.29 is 37.4 Å². The van der Waals surface area contributed by atoms with Gasteiger partial charge in [0, 0.05) is 24.2 Å². The van der Waals surface area contributed by atoms with Crippen LogP contribution in [-0.4, -0.2) is 60.2 Å². The van der Waals surface area contributed by atoms with Crippen molar-refractivity contribution in [3.8, 4) is 11.8 Å². The molecule has 0 aromatic carbocycles. The Kier molecular flexibility index (Phi) is 7.00. The van der Waals surface area contributed by atoms with E-state index in [0.29, 0.717) is 16.8 Å². The van der Waals surface area contributed by atoms with E-state index in [0.717, 1.165) is 4.52 Å². The van der Waals surface area contributed by atoms with E-state index in [2.05, 4.69) is 31.0 Å². The van der Waals surface area contributed by atoms with Gasteiger partial charge in [-0.3, -0.25) is 14.3 Å². The number of fused-ring (bicyclic) bond motifs is 2. The Balaban J connectivity index is 1.39. The van der Waals surface area contributed by atoms with E-state index in [4.69, 9.17) is 30.0 Å². The van der Waals surface area contributed by atoms with Gasteiger partial charge >= 0.3 is 13.6 Å². The Bertz CT molecular complexity index is 1610. The Morgan fingerprint density at radius 3 is 2.90 bits per heavy atom. The Hall–Kier alpha value is -3.35. The Morgan fingerprint density at radius 2 is 2.20 bits per heavy atom. The standard InChI is InChI=1S/C23H24BrFN7O7P/c1-11-18-14(13(7-29-11)8-36-12(2)33)5-6-40(35,39-18)37-9-16-19(34)23(24,25)22(10-26,38-16)17-4-3-15-20(27)30-21(28)31-32(15)17/h3-4,7,16,19,34H,5-6,8-9H2,1-2H3,(H4,27,28,30,31)/t16-,19+,22+,23?,40?/m1/s1. The molecule has 17 heteroatoms. The molecule has 2 unspecified atom stereocenters. The highest BCUT2D eigenvalue weighted by Gasteiger charge is 2.69. The summed E-state index contributed by atoms with van der Waals surface area (Å²) < 4.78 is 50.2. The summed E-state index contributed by atoms with van der Waals surface area (Å²) in [6.07, 6.45) is -1.66. The van der Waals surface area contributed by atoms with Crippen molar-refractivity contribution in [3.05, 3.63) is 40.8 Å². The predicted octanol–water partition coefficient (Wildman–Crippen LogP) is 2.04. The lowest BCUT2D eigenvalue weighted by Gasteiger charge is -2.29. The predicted molar refractivity (Wildman–Crippen MR) is 140 cm³/mol. The minimum absolute atomic E-state index is 0.0158. The summed E-state index contributed by atoms with van der Waals surface area (Å²) in [5.41, 5.74) is 11.0. The zero-order valence-corrected chi connectivity index (χ0v) is 23.7. The van der Waals surface area contributed by atoms with Crippen LogP contribution in [0.15, 0.2) is 18.3 Å². The van der Waals surface area contributed by atoms with Crippen LogP contribution in [0, 0.1) is 18.3 Å². The van der Waals surface area contributed by atoms with Crippen molar-refractivity contribution in [1.29, 1.82) is 5.26 Å². The molecule has 3 aromatic heterocycles. The third-order valence-electron chi connectivity index (χ3n) is 6.73. The summed E-state index contributed by atoms with van der Waals surface area (Å²) in [5.74, 6) is -0.486. The molecule has 0 aliphatic carbocycles. The summed E-state index contributed by atoms with van der Waals surface area (Å²) in [4.78, 5) is 19.3. The molecule has 3 aromatic rings. The highest BCUT2D eigenvalue weighted by Crippen LogP contribution is 2.57. The molecule has 1 fully saturated rings. The van der Waals surface area contributed by atoms with E-state index in [1.54, 1.807) is 19.2 Å². The van der Waals surface area contributed by atoms with Crippen molar-refractivity contribution in [2.24, 2.45) is 0 Å². The van der Waals surface area contributed by atoms with Crippen LogP contribution in [0.25, 0.3) is 5.52 Å². The highest BCUT2D eigenvalue weighted by molar-refractivity contribution is 9.10. The van der Waals surface area contributed by atoms with Gasteiger partial charge in [0.1, 0.15) is 30.4 Å². The molecule has 2 aliphatic heterocycles. The van der Waals surface area contributed by atoms with Crippen molar-refractivity contribution >= 4 is 46.8 Å². The van der Waals surface area contributed by atoms with E-state index in [1.165, 1.54) is 19.1 Å². The molecule has 40 heavy (non-hydrogen) atoms. The van der Waals surface area contributed by atoms with Crippen LogP contribution in [0.5, 0.6) is 5.75 Å². The quantitative estimate of drug-likeness (QED) is 0.200. The number of rotatable bonds is 6. The first kappa shape index (κ1) is 28.2. The fraction of sp³-hybridized carbons (Fsp3) is 0.435. The molecule has 5 heterocycles. The van der Waals surface area contributed by atoms with Crippen molar-refractivity contribution in [2.45, 2.75) is 49.3 Å². The van der Waals surface area contributed by atoms with Gasteiger partial charge in [-0.15, -0.1) is 5.10 Å². The molecule has 212 valence electrons. The maximum Gasteiger partial charge on any atom is 0.379 e. The molecule has 5 rings (SSSR count). The molecule has 2 aliphatic rings. The van der Waals surface area contributed by atoms with Gasteiger partial charge in [0.2, 0.25) is 16.1 Å². The van der Waals surface area contributed by atoms with E-state index in [-0.39, 0.29) is 47.9 Å². The van der Waals surface area contributed by atoms with Gasteiger partial charge in [0.15, 0.2) is 11.6 Å². The molecule has 0 spiro atoms. The highest BCUT2D eigenvalue weighted by atomic mass is 79.9. The minimum atomic E-state index is -3.83. The van der Waals surface area contributed by atoms with Gasteiger partial charge in [-0.1, -0.05) is 0 Å². The molecular weight excluding hydrogens is 616 g/mol. The number of aromatic nitrogens is 4. The van der Waals surface area contributed by atoms with E-state index >= 15 is 4.39 Å². The Morgan fingerprint density at radius 1 is 1.45 bits per heavy atom. The third kappa shape index (κ3) is 4.47. The van der Waals surface area contributed by atoms with Crippen molar-refractivity contribution in [1.82, 2.24) is 19.6 Å². The van der Waals surface area contributed by atoms with E-state index < -0.39 is 42.6 Å². The fourth-order valence-corrected chi connectivity index (χ4v) is 7.06. The summed E-state index contributed by atoms with van der Waals surface area (Å²) >= 11 is 2.84. The number of hydrogen-bond acceptors (Lipinski definition) is 13. The van der Waals surface area contributed by atoms with Crippen LogP contribution >= 0.6 is 23.5 Å². The lowest BCUT2D eigenvalue weighted by Crippen LogP contribution is -2.46. The number of carbonyl (C=O) groups excluding carboxylic acids is 1. The number of aryl methyl sites for hydroxylation is 1. The number of esters is 1.